The fraction of sp³-hybridized carbons (Fsp3) is 0.263. The summed E-state index contributed by atoms with van der Waals surface area (Å²) in [5, 5.41) is 20.3. The van der Waals surface area contributed by atoms with Crippen LogP contribution >= 0.6 is 0 Å². The molecule has 0 atom stereocenters. The standard InChI is InChI=1S/C19H17FO6/c1-10-6-12-16(14(21)7-10)19(24)17-13(18(12)23)8-11(9-15(17)22)26-5-4-25-3-2-20/h6-9,21-22H,2-5H2,1H3. The van der Waals surface area contributed by atoms with Gasteiger partial charge in [-0.3, -0.25) is 9.59 Å². The summed E-state index contributed by atoms with van der Waals surface area (Å²) in [5.41, 5.74) is 0.446. The van der Waals surface area contributed by atoms with E-state index in [1.807, 2.05) is 0 Å². The molecule has 136 valence electrons. The molecule has 1 aliphatic rings. The Labute approximate surface area is 148 Å². The van der Waals surface area contributed by atoms with Crippen molar-refractivity contribution in [1.29, 1.82) is 0 Å². The Bertz CT molecular complexity index is 890. The summed E-state index contributed by atoms with van der Waals surface area (Å²) in [6, 6.07) is 5.50. The number of benzene rings is 2. The third-order valence-electron chi connectivity index (χ3n) is 4.01. The van der Waals surface area contributed by atoms with Crippen LogP contribution in [0.2, 0.25) is 0 Å². The molecule has 3 rings (SSSR count). The van der Waals surface area contributed by atoms with Crippen molar-refractivity contribution < 1.29 is 33.7 Å². The number of phenols is 2. The Kier molecular flexibility index (Phi) is 4.90. The summed E-state index contributed by atoms with van der Waals surface area (Å²) < 4.78 is 22.3. The van der Waals surface area contributed by atoms with Gasteiger partial charge in [0.1, 0.15) is 30.5 Å². The van der Waals surface area contributed by atoms with Crippen LogP contribution in [0.3, 0.4) is 0 Å². The largest absolute Gasteiger partial charge is 0.507 e. The molecule has 6 nitrogen and oxygen atoms in total. The van der Waals surface area contributed by atoms with Gasteiger partial charge in [-0.2, -0.15) is 0 Å². The maximum absolute atomic E-state index is 12.8. The number of hydrogen-bond donors (Lipinski definition) is 2. The van der Waals surface area contributed by atoms with Crippen LogP contribution in [-0.4, -0.2) is 48.3 Å². The molecule has 0 bridgehead atoms. The second kappa shape index (κ2) is 7.13. The number of ketones is 2. The second-order valence-corrected chi connectivity index (χ2v) is 5.88. The zero-order valence-electron chi connectivity index (χ0n) is 14.0. The quantitative estimate of drug-likeness (QED) is 0.656. The van der Waals surface area contributed by atoms with E-state index in [0.717, 1.165) is 0 Å². The molecule has 0 fully saturated rings. The fourth-order valence-electron chi connectivity index (χ4n) is 2.93. The van der Waals surface area contributed by atoms with E-state index >= 15 is 0 Å². The van der Waals surface area contributed by atoms with E-state index in [1.54, 1.807) is 6.92 Å². The third-order valence-corrected chi connectivity index (χ3v) is 4.01. The van der Waals surface area contributed by atoms with Gasteiger partial charge in [0, 0.05) is 17.2 Å². The molecule has 0 saturated carbocycles. The van der Waals surface area contributed by atoms with Gasteiger partial charge in [0.2, 0.25) is 5.78 Å². The second-order valence-electron chi connectivity index (χ2n) is 5.88. The van der Waals surface area contributed by atoms with E-state index in [0.29, 0.717) is 5.56 Å². The third kappa shape index (κ3) is 3.13. The molecule has 0 aliphatic heterocycles. The highest BCUT2D eigenvalue weighted by atomic mass is 19.1. The van der Waals surface area contributed by atoms with Crippen LogP contribution in [0.4, 0.5) is 4.39 Å². The van der Waals surface area contributed by atoms with Crippen LogP contribution in [0.15, 0.2) is 24.3 Å². The van der Waals surface area contributed by atoms with Crippen molar-refractivity contribution >= 4 is 11.6 Å². The lowest BCUT2D eigenvalue weighted by molar-refractivity contribution is 0.0894. The summed E-state index contributed by atoms with van der Waals surface area (Å²) in [6.07, 6.45) is 0. The van der Waals surface area contributed by atoms with Crippen LogP contribution in [0, 0.1) is 6.92 Å². The van der Waals surface area contributed by atoms with Crippen LogP contribution in [0.5, 0.6) is 17.2 Å². The number of aromatic hydroxyl groups is 2. The van der Waals surface area contributed by atoms with Crippen molar-refractivity contribution in [3.63, 3.8) is 0 Å². The van der Waals surface area contributed by atoms with Gasteiger partial charge in [-0.05, 0) is 30.7 Å². The Balaban J connectivity index is 1.95. The smallest absolute Gasteiger partial charge is 0.201 e. The number of rotatable bonds is 6. The minimum absolute atomic E-state index is 0.00664. The number of halogens is 1. The number of hydrogen-bond acceptors (Lipinski definition) is 6. The highest BCUT2D eigenvalue weighted by Crippen LogP contribution is 2.39. The minimum Gasteiger partial charge on any atom is -0.507 e. The molecule has 0 aromatic heterocycles. The number of fused-ring (bicyclic) bond motifs is 2. The molecule has 2 aromatic rings. The number of alkyl halides is 1. The van der Waals surface area contributed by atoms with Gasteiger partial charge in [-0.25, -0.2) is 4.39 Å². The summed E-state index contributed by atoms with van der Waals surface area (Å²) in [5.74, 6) is -1.63. The first-order valence-electron chi connectivity index (χ1n) is 8.00. The lowest BCUT2D eigenvalue weighted by atomic mass is 9.82. The highest BCUT2D eigenvalue weighted by Gasteiger charge is 2.35. The number of carbonyl (C=O) groups is 2. The molecule has 0 saturated heterocycles. The first kappa shape index (κ1) is 17.9. The van der Waals surface area contributed by atoms with Crippen molar-refractivity contribution in [2.75, 3.05) is 26.5 Å². The van der Waals surface area contributed by atoms with Crippen LogP contribution in [0.25, 0.3) is 0 Å². The zero-order chi connectivity index (χ0) is 18.8. The molecule has 26 heavy (non-hydrogen) atoms. The van der Waals surface area contributed by atoms with E-state index in [9.17, 15) is 24.2 Å². The molecule has 2 aromatic carbocycles. The Morgan fingerprint density at radius 1 is 0.885 bits per heavy atom. The zero-order valence-corrected chi connectivity index (χ0v) is 14.0. The molecule has 0 amide bonds. The van der Waals surface area contributed by atoms with Gasteiger partial charge in [0.15, 0.2) is 5.78 Å². The van der Waals surface area contributed by atoms with E-state index in [2.05, 4.69) is 0 Å². The maximum Gasteiger partial charge on any atom is 0.201 e. The number of ether oxygens (including phenoxy) is 2. The Morgan fingerprint density at radius 2 is 1.54 bits per heavy atom. The molecule has 1 aliphatic carbocycles. The number of carbonyl (C=O) groups excluding carboxylic acids is 2. The maximum atomic E-state index is 12.8. The molecular weight excluding hydrogens is 343 g/mol. The van der Waals surface area contributed by atoms with Crippen molar-refractivity contribution in [3.05, 3.63) is 52.1 Å². The van der Waals surface area contributed by atoms with Gasteiger partial charge in [-0.1, -0.05) is 0 Å². The van der Waals surface area contributed by atoms with Crippen molar-refractivity contribution in [1.82, 2.24) is 0 Å². The average Bonchev–Trinajstić information content (AvgIpc) is 2.58. The van der Waals surface area contributed by atoms with E-state index in [4.69, 9.17) is 9.47 Å². The number of aryl methyl sites for hydroxylation is 1. The average molecular weight is 360 g/mol. The molecule has 0 radical (unpaired) electrons. The van der Waals surface area contributed by atoms with Gasteiger partial charge in [-0.15, -0.1) is 0 Å². The van der Waals surface area contributed by atoms with E-state index in [-0.39, 0.29) is 53.6 Å². The summed E-state index contributed by atoms with van der Waals surface area (Å²) in [6.45, 7) is 1.30. The van der Waals surface area contributed by atoms with Gasteiger partial charge in [0.05, 0.1) is 24.3 Å². The molecule has 0 spiro atoms. The highest BCUT2D eigenvalue weighted by molar-refractivity contribution is 6.30. The normalized spacial score (nSPS) is 12.7. The molecule has 0 heterocycles. The first-order chi connectivity index (χ1) is 12.4. The molecule has 7 heteroatoms. The minimum atomic E-state index is -0.623. The molecular formula is C19H17FO6. The Hall–Kier alpha value is -2.93. The monoisotopic (exact) mass is 360 g/mol. The summed E-state index contributed by atoms with van der Waals surface area (Å²) in [4.78, 5) is 25.5. The predicted molar refractivity (Wildman–Crippen MR) is 90.1 cm³/mol. The molecule has 0 unspecified atom stereocenters. The van der Waals surface area contributed by atoms with Gasteiger partial charge >= 0.3 is 0 Å². The van der Waals surface area contributed by atoms with Crippen LogP contribution in [-0.2, 0) is 4.74 Å². The first-order valence-corrected chi connectivity index (χ1v) is 8.00. The SMILES string of the molecule is Cc1cc(O)c2c(c1)C(=O)c1cc(OCCOCCF)cc(O)c1C2=O. The topological polar surface area (TPSA) is 93.1 Å². The Morgan fingerprint density at radius 3 is 2.23 bits per heavy atom. The van der Waals surface area contributed by atoms with Gasteiger partial charge in [0.25, 0.3) is 0 Å². The summed E-state index contributed by atoms with van der Waals surface area (Å²) in [7, 11) is 0. The van der Waals surface area contributed by atoms with Crippen LogP contribution in [0.1, 0.15) is 37.4 Å². The number of phenolic OH excluding ortho intramolecular Hbond substituents is 2. The van der Waals surface area contributed by atoms with E-state index in [1.165, 1.54) is 24.3 Å². The van der Waals surface area contributed by atoms with Crippen molar-refractivity contribution in [2.45, 2.75) is 6.92 Å². The van der Waals surface area contributed by atoms with Crippen molar-refractivity contribution in [2.24, 2.45) is 0 Å². The molecule has 2 N–H and O–H groups in total. The fourth-order valence-corrected chi connectivity index (χ4v) is 2.93. The predicted octanol–water partition coefficient (Wildman–Crippen LogP) is 2.55. The lowest BCUT2D eigenvalue weighted by Gasteiger charge is -2.20. The van der Waals surface area contributed by atoms with Gasteiger partial charge < -0.3 is 19.7 Å². The lowest BCUT2D eigenvalue weighted by Crippen LogP contribution is -2.21. The summed E-state index contributed by atoms with van der Waals surface area (Å²) >= 11 is 0. The van der Waals surface area contributed by atoms with E-state index < -0.39 is 24.0 Å². The van der Waals surface area contributed by atoms with Crippen LogP contribution < -0.4 is 4.74 Å². The van der Waals surface area contributed by atoms with Crippen molar-refractivity contribution in [3.8, 4) is 17.2 Å².